The molecule has 0 fully saturated rings. The summed E-state index contributed by atoms with van der Waals surface area (Å²) in [6.45, 7) is 0. The van der Waals surface area contributed by atoms with Crippen LogP contribution in [0.1, 0.15) is 5.69 Å². The normalized spacial score (nSPS) is 9.96. The minimum absolute atomic E-state index is 0. The SMILES string of the molecule is N#Cc1nn(-c2cc(Cl)c(Oc3c[c-]c(N)cn3)c(Cl)c2)c(=O)[nH]c1=O.[Y]. The Labute approximate surface area is 186 Å². The molecule has 1 radical (unpaired) electrons. The Morgan fingerprint density at radius 3 is 2.52 bits per heavy atom. The van der Waals surface area contributed by atoms with Crippen molar-refractivity contribution in [2.45, 2.75) is 0 Å². The van der Waals surface area contributed by atoms with Crippen molar-refractivity contribution in [3.8, 4) is 23.4 Å². The van der Waals surface area contributed by atoms with E-state index in [0.29, 0.717) is 5.69 Å². The van der Waals surface area contributed by atoms with Gasteiger partial charge in [-0.15, -0.1) is 11.2 Å². The number of nitrogens with one attached hydrogen (secondary N) is 1. The second-order valence-corrected chi connectivity index (χ2v) is 5.63. The zero-order chi connectivity index (χ0) is 18.8. The van der Waals surface area contributed by atoms with Crippen LogP contribution < -0.4 is 21.7 Å². The second kappa shape index (κ2) is 8.63. The summed E-state index contributed by atoms with van der Waals surface area (Å²) in [5, 5.41) is 12.6. The molecule has 0 spiro atoms. The third kappa shape index (κ3) is 4.54. The zero-order valence-electron chi connectivity index (χ0n) is 13.2. The molecule has 0 aliphatic rings. The first-order chi connectivity index (χ1) is 12.4. The molecule has 0 saturated heterocycles. The number of nitrogen functional groups attached to an aromatic ring is 1. The molecule has 12 heteroatoms. The second-order valence-electron chi connectivity index (χ2n) is 4.81. The van der Waals surface area contributed by atoms with Crippen molar-refractivity contribution in [3.05, 3.63) is 67.0 Å². The summed E-state index contributed by atoms with van der Waals surface area (Å²) in [4.78, 5) is 29.3. The monoisotopic (exact) mass is 478 g/mol. The minimum atomic E-state index is -0.892. The Kier molecular flexibility index (Phi) is 6.73. The number of pyridine rings is 1. The van der Waals surface area contributed by atoms with Gasteiger partial charge < -0.3 is 15.5 Å². The van der Waals surface area contributed by atoms with Crippen LogP contribution in [0.5, 0.6) is 11.6 Å². The van der Waals surface area contributed by atoms with Gasteiger partial charge in [-0.1, -0.05) is 35.1 Å². The van der Waals surface area contributed by atoms with Gasteiger partial charge in [-0.05, 0) is 12.1 Å². The maximum Gasteiger partial charge on any atom is 0.349 e. The molecule has 0 amide bonds. The summed E-state index contributed by atoms with van der Waals surface area (Å²) in [6, 6.07) is 8.36. The van der Waals surface area contributed by atoms with Gasteiger partial charge in [0.05, 0.1) is 15.7 Å². The summed E-state index contributed by atoms with van der Waals surface area (Å²) < 4.78 is 6.29. The van der Waals surface area contributed by atoms with Crippen LogP contribution in [0.25, 0.3) is 5.69 Å². The number of rotatable bonds is 3. The van der Waals surface area contributed by atoms with Crippen LogP contribution in [0, 0.1) is 17.4 Å². The van der Waals surface area contributed by atoms with Gasteiger partial charge in [-0.3, -0.25) is 9.78 Å². The van der Waals surface area contributed by atoms with Crippen LogP contribution in [0.2, 0.25) is 10.0 Å². The van der Waals surface area contributed by atoms with E-state index in [2.05, 4.69) is 16.1 Å². The molecule has 27 heavy (non-hydrogen) atoms. The van der Waals surface area contributed by atoms with Gasteiger partial charge in [0.25, 0.3) is 5.56 Å². The average molecular weight is 479 g/mol. The number of halogens is 2. The van der Waals surface area contributed by atoms with Crippen molar-refractivity contribution in [1.29, 1.82) is 5.26 Å². The molecular formula is C15H7Cl2N6O3Y-. The van der Waals surface area contributed by atoms with Crippen molar-refractivity contribution >= 4 is 28.9 Å². The summed E-state index contributed by atoms with van der Waals surface area (Å²) in [5.41, 5.74) is 3.72. The summed E-state index contributed by atoms with van der Waals surface area (Å²) >= 11 is 12.3. The van der Waals surface area contributed by atoms with Crippen molar-refractivity contribution in [1.82, 2.24) is 19.7 Å². The number of aromatic amines is 1. The Morgan fingerprint density at radius 1 is 1.30 bits per heavy atom. The molecule has 0 saturated carbocycles. The van der Waals surface area contributed by atoms with Gasteiger partial charge in [0.2, 0.25) is 5.69 Å². The average Bonchev–Trinajstić information content (AvgIpc) is 2.60. The molecule has 3 aromatic rings. The molecule has 3 N–H and O–H groups in total. The van der Waals surface area contributed by atoms with E-state index in [9.17, 15) is 9.59 Å². The number of nitriles is 1. The van der Waals surface area contributed by atoms with E-state index in [1.165, 1.54) is 24.4 Å². The van der Waals surface area contributed by atoms with Crippen LogP contribution in [0.3, 0.4) is 0 Å². The van der Waals surface area contributed by atoms with Gasteiger partial charge in [-0.25, -0.2) is 4.79 Å². The third-order valence-electron chi connectivity index (χ3n) is 3.06. The van der Waals surface area contributed by atoms with Crippen molar-refractivity contribution in [2.75, 3.05) is 5.73 Å². The summed E-state index contributed by atoms with van der Waals surface area (Å²) in [7, 11) is 0. The van der Waals surface area contributed by atoms with Crippen LogP contribution in [-0.4, -0.2) is 19.7 Å². The first kappa shape index (κ1) is 21.1. The standard InChI is InChI=1S/C15H7Cl2N6O3.Y/c16-9-3-8(23-15(25)21-14(24)11(5-18)22-23)4-10(17)13(9)26-12-2-1-7(19)6-20-12;/h2-4,6H,19H2,(H,21,24,25);/q-1;. The first-order valence-electron chi connectivity index (χ1n) is 6.83. The molecule has 0 bridgehead atoms. The molecule has 133 valence electrons. The minimum Gasteiger partial charge on any atom is -0.496 e. The summed E-state index contributed by atoms with van der Waals surface area (Å²) in [6.07, 6.45) is 1.35. The summed E-state index contributed by atoms with van der Waals surface area (Å²) in [5.74, 6) is 0.239. The predicted octanol–water partition coefficient (Wildman–Crippen LogP) is 1.67. The zero-order valence-corrected chi connectivity index (χ0v) is 17.6. The molecule has 0 unspecified atom stereocenters. The van der Waals surface area contributed by atoms with Crippen molar-refractivity contribution in [2.24, 2.45) is 0 Å². The fraction of sp³-hybridized carbons (Fsp3) is 0. The molecule has 3 rings (SSSR count). The smallest absolute Gasteiger partial charge is 0.349 e. The Morgan fingerprint density at radius 2 is 1.96 bits per heavy atom. The maximum atomic E-state index is 11.9. The Balaban J connectivity index is 0.00000261. The van der Waals surface area contributed by atoms with E-state index < -0.39 is 16.9 Å². The molecule has 2 aromatic heterocycles. The molecule has 9 nitrogen and oxygen atoms in total. The van der Waals surface area contributed by atoms with Crippen LogP contribution in [0.15, 0.2) is 34.0 Å². The van der Waals surface area contributed by atoms with Gasteiger partial charge in [0.15, 0.2) is 0 Å². The Bertz CT molecular complexity index is 1130. The molecule has 1 aromatic carbocycles. The number of benzene rings is 1. The van der Waals surface area contributed by atoms with Crippen LogP contribution >= 0.6 is 23.2 Å². The third-order valence-corrected chi connectivity index (χ3v) is 3.62. The van der Waals surface area contributed by atoms with Gasteiger partial charge in [0.1, 0.15) is 17.7 Å². The number of H-pyrrole nitrogens is 1. The van der Waals surface area contributed by atoms with Gasteiger partial charge in [-0.2, -0.15) is 16.0 Å². The molecule has 0 aliphatic carbocycles. The van der Waals surface area contributed by atoms with Crippen LogP contribution in [0.4, 0.5) is 5.69 Å². The largest absolute Gasteiger partial charge is 0.496 e. The number of hydrogen-bond donors (Lipinski definition) is 2. The molecular weight excluding hydrogens is 472 g/mol. The number of anilines is 1. The van der Waals surface area contributed by atoms with Crippen LogP contribution in [-0.2, 0) is 32.7 Å². The van der Waals surface area contributed by atoms with E-state index >= 15 is 0 Å². The van der Waals surface area contributed by atoms with Gasteiger partial charge in [0, 0.05) is 32.7 Å². The molecule has 0 atom stereocenters. The number of ether oxygens (including phenoxy) is 1. The van der Waals surface area contributed by atoms with Crippen molar-refractivity contribution in [3.63, 3.8) is 0 Å². The van der Waals surface area contributed by atoms with Crippen molar-refractivity contribution < 1.29 is 37.4 Å². The van der Waals surface area contributed by atoms with Gasteiger partial charge >= 0.3 is 5.69 Å². The first-order valence-corrected chi connectivity index (χ1v) is 7.59. The number of nitrogens with zero attached hydrogens (tertiary/aromatic N) is 4. The number of nitrogens with two attached hydrogens (primary N) is 1. The van der Waals surface area contributed by atoms with E-state index in [4.69, 9.17) is 38.9 Å². The fourth-order valence-corrected chi connectivity index (χ4v) is 2.48. The van der Waals surface area contributed by atoms with E-state index in [-0.39, 0.29) is 60.1 Å². The molecule has 0 aliphatic heterocycles. The topological polar surface area (TPSA) is 140 Å². The van der Waals surface area contributed by atoms with E-state index in [1.807, 2.05) is 4.98 Å². The Hall–Kier alpha value is -2.25. The van der Waals surface area contributed by atoms with E-state index in [0.717, 1.165) is 4.68 Å². The molecule has 2 heterocycles. The van der Waals surface area contributed by atoms with E-state index in [1.54, 1.807) is 6.07 Å². The fourth-order valence-electron chi connectivity index (χ4n) is 1.93. The maximum absolute atomic E-state index is 11.9. The number of hydrogen-bond acceptors (Lipinski definition) is 7. The number of aromatic nitrogens is 4. The quantitative estimate of drug-likeness (QED) is 0.545. The predicted molar refractivity (Wildman–Crippen MR) is 92.7 cm³/mol.